The van der Waals surface area contributed by atoms with Gasteiger partial charge in [-0.15, -0.1) is 0 Å². The van der Waals surface area contributed by atoms with Crippen LogP contribution in [-0.2, 0) is 17.6 Å². The van der Waals surface area contributed by atoms with E-state index in [1.54, 1.807) is 18.0 Å². The summed E-state index contributed by atoms with van der Waals surface area (Å²) in [6.07, 6.45) is 2.06. The highest BCUT2D eigenvalue weighted by Gasteiger charge is 2.18. The van der Waals surface area contributed by atoms with Gasteiger partial charge in [-0.05, 0) is 43.0 Å². The summed E-state index contributed by atoms with van der Waals surface area (Å²) >= 11 is 0. The molecule has 0 aliphatic rings. The molecule has 0 fully saturated rings. The number of nitrogens with zero attached hydrogens (tertiary/aromatic N) is 2. The second-order valence-corrected chi connectivity index (χ2v) is 6.95. The predicted molar refractivity (Wildman–Crippen MR) is 108 cm³/mol. The number of aromatic nitrogens is 2. The molecular formula is C22H25FN4O. The van der Waals surface area contributed by atoms with Crippen LogP contribution in [0.1, 0.15) is 17.7 Å². The standard InChI is InChI=1S/C22H25FN4O/c1-27(22(28)20(24)13-16-7-3-2-4-8-16)12-6-11-19-15-21(26-25-19)17-9-5-10-18(23)14-17/h2-5,7-10,14-15,20H,6,11-13,24H2,1H3,(H,25,26)/t20-/m0/s1. The first-order chi connectivity index (χ1) is 13.5. The molecule has 0 radical (unpaired) electrons. The van der Waals surface area contributed by atoms with Crippen molar-refractivity contribution in [1.82, 2.24) is 15.1 Å². The molecule has 0 aliphatic carbocycles. The zero-order valence-corrected chi connectivity index (χ0v) is 15.9. The van der Waals surface area contributed by atoms with E-state index in [-0.39, 0.29) is 11.7 Å². The van der Waals surface area contributed by atoms with Crippen LogP contribution >= 0.6 is 0 Å². The number of aryl methyl sites for hydroxylation is 1. The summed E-state index contributed by atoms with van der Waals surface area (Å²) in [5.41, 5.74) is 9.53. The molecule has 5 nitrogen and oxygen atoms in total. The Morgan fingerprint density at radius 2 is 1.96 bits per heavy atom. The lowest BCUT2D eigenvalue weighted by molar-refractivity contribution is -0.131. The second kappa shape index (κ2) is 9.28. The number of aromatic amines is 1. The molecule has 1 heterocycles. The van der Waals surface area contributed by atoms with Gasteiger partial charge in [-0.25, -0.2) is 4.39 Å². The van der Waals surface area contributed by atoms with Crippen LogP contribution in [0.2, 0.25) is 0 Å². The van der Waals surface area contributed by atoms with Crippen molar-refractivity contribution in [3.8, 4) is 11.3 Å². The van der Waals surface area contributed by atoms with E-state index in [9.17, 15) is 9.18 Å². The SMILES string of the molecule is CN(CCCc1cc(-c2cccc(F)c2)n[nH]1)C(=O)[C@@H](N)Cc1ccccc1. The summed E-state index contributed by atoms with van der Waals surface area (Å²) in [5, 5.41) is 7.22. The van der Waals surface area contributed by atoms with Crippen LogP contribution in [0, 0.1) is 5.82 Å². The summed E-state index contributed by atoms with van der Waals surface area (Å²) in [4.78, 5) is 14.1. The van der Waals surface area contributed by atoms with Gasteiger partial charge in [0.1, 0.15) is 5.82 Å². The van der Waals surface area contributed by atoms with Gasteiger partial charge in [0.15, 0.2) is 0 Å². The number of carbonyl (C=O) groups is 1. The first-order valence-corrected chi connectivity index (χ1v) is 9.37. The molecule has 0 bridgehead atoms. The molecule has 3 rings (SSSR count). The van der Waals surface area contributed by atoms with Crippen LogP contribution in [0.4, 0.5) is 4.39 Å². The van der Waals surface area contributed by atoms with E-state index < -0.39 is 6.04 Å². The summed E-state index contributed by atoms with van der Waals surface area (Å²) in [7, 11) is 1.78. The van der Waals surface area contributed by atoms with Crippen molar-refractivity contribution in [3.05, 3.63) is 77.7 Å². The molecule has 0 spiro atoms. The Labute approximate surface area is 164 Å². The topological polar surface area (TPSA) is 75.0 Å². The number of amides is 1. The molecule has 0 unspecified atom stereocenters. The van der Waals surface area contributed by atoms with Crippen LogP contribution in [0.25, 0.3) is 11.3 Å². The third-order valence-corrected chi connectivity index (χ3v) is 4.68. The maximum atomic E-state index is 13.3. The number of carbonyl (C=O) groups excluding carboxylic acids is 1. The molecule has 1 aromatic heterocycles. The lowest BCUT2D eigenvalue weighted by atomic mass is 10.1. The zero-order chi connectivity index (χ0) is 19.9. The zero-order valence-electron chi connectivity index (χ0n) is 15.9. The molecule has 6 heteroatoms. The van der Waals surface area contributed by atoms with E-state index in [0.717, 1.165) is 29.7 Å². The average molecular weight is 380 g/mol. The highest BCUT2D eigenvalue weighted by atomic mass is 19.1. The number of hydrogen-bond donors (Lipinski definition) is 2. The van der Waals surface area contributed by atoms with E-state index in [1.165, 1.54) is 12.1 Å². The Kier molecular flexibility index (Phi) is 6.55. The van der Waals surface area contributed by atoms with Gasteiger partial charge in [0, 0.05) is 24.8 Å². The summed E-state index contributed by atoms with van der Waals surface area (Å²) in [6, 6.07) is 17.5. The second-order valence-electron chi connectivity index (χ2n) is 6.95. The largest absolute Gasteiger partial charge is 0.344 e. The van der Waals surface area contributed by atoms with E-state index in [4.69, 9.17) is 5.73 Å². The van der Waals surface area contributed by atoms with Gasteiger partial charge in [0.25, 0.3) is 0 Å². The fraction of sp³-hybridized carbons (Fsp3) is 0.273. The van der Waals surface area contributed by atoms with Crippen molar-refractivity contribution < 1.29 is 9.18 Å². The molecular weight excluding hydrogens is 355 g/mol. The summed E-state index contributed by atoms with van der Waals surface area (Å²) in [5.74, 6) is -0.344. The molecule has 146 valence electrons. The maximum absolute atomic E-state index is 13.3. The Hall–Kier alpha value is -2.99. The highest BCUT2D eigenvalue weighted by molar-refractivity contribution is 5.81. The van der Waals surface area contributed by atoms with Gasteiger partial charge < -0.3 is 10.6 Å². The quantitative estimate of drug-likeness (QED) is 0.630. The van der Waals surface area contributed by atoms with E-state index in [0.29, 0.717) is 18.7 Å². The lowest BCUT2D eigenvalue weighted by Gasteiger charge is -2.21. The number of benzene rings is 2. The number of nitrogens with one attached hydrogen (secondary N) is 1. The van der Waals surface area contributed by atoms with E-state index in [1.807, 2.05) is 42.5 Å². The lowest BCUT2D eigenvalue weighted by Crippen LogP contribution is -2.43. The number of nitrogens with two attached hydrogens (primary N) is 1. The third-order valence-electron chi connectivity index (χ3n) is 4.68. The fourth-order valence-electron chi connectivity index (χ4n) is 3.14. The molecule has 0 saturated heterocycles. The Morgan fingerprint density at radius 1 is 1.18 bits per heavy atom. The summed E-state index contributed by atoms with van der Waals surface area (Å²) in [6.45, 7) is 0.607. The van der Waals surface area contributed by atoms with Gasteiger partial charge >= 0.3 is 0 Å². The number of rotatable bonds is 8. The van der Waals surface area contributed by atoms with Gasteiger partial charge in [0.05, 0.1) is 11.7 Å². The molecule has 2 aromatic carbocycles. The molecule has 1 amide bonds. The first kappa shape index (κ1) is 19.8. The van der Waals surface area contributed by atoms with Gasteiger partial charge in [0.2, 0.25) is 5.91 Å². The molecule has 3 N–H and O–H groups in total. The van der Waals surface area contributed by atoms with Crippen molar-refractivity contribution in [2.45, 2.75) is 25.3 Å². The smallest absolute Gasteiger partial charge is 0.239 e. The number of H-pyrrole nitrogens is 1. The number of likely N-dealkylation sites (N-methyl/N-ethyl adjacent to an activating group) is 1. The minimum Gasteiger partial charge on any atom is -0.344 e. The molecule has 0 aliphatic heterocycles. The molecule has 3 aromatic rings. The van der Waals surface area contributed by atoms with Gasteiger partial charge in [-0.2, -0.15) is 5.10 Å². The van der Waals surface area contributed by atoms with Crippen molar-refractivity contribution in [2.75, 3.05) is 13.6 Å². The van der Waals surface area contributed by atoms with Crippen LogP contribution in [-0.4, -0.2) is 40.6 Å². The molecule has 28 heavy (non-hydrogen) atoms. The summed E-state index contributed by atoms with van der Waals surface area (Å²) < 4.78 is 13.3. The van der Waals surface area contributed by atoms with Crippen LogP contribution < -0.4 is 5.73 Å². The number of halogens is 1. The Bertz CT molecular complexity index is 910. The van der Waals surface area contributed by atoms with Crippen molar-refractivity contribution >= 4 is 5.91 Å². The molecule has 0 saturated carbocycles. The third kappa shape index (κ3) is 5.27. The van der Waals surface area contributed by atoms with E-state index >= 15 is 0 Å². The Morgan fingerprint density at radius 3 is 2.71 bits per heavy atom. The average Bonchev–Trinajstić information content (AvgIpc) is 3.17. The van der Waals surface area contributed by atoms with Crippen molar-refractivity contribution in [2.24, 2.45) is 5.73 Å². The van der Waals surface area contributed by atoms with Crippen LogP contribution in [0.3, 0.4) is 0 Å². The highest BCUT2D eigenvalue weighted by Crippen LogP contribution is 2.19. The van der Waals surface area contributed by atoms with Crippen molar-refractivity contribution in [3.63, 3.8) is 0 Å². The number of hydrogen-bond acceptors (Lipinski definition) is 3. The Balaban J connectivity index is 1.47. The fourth-order valence-corrected chi connectivity index (χ4v) is 3.14. The monoisotopic (exact) mass is 380 g/mol. The minimum absolute atomic E-state index is 0.0612. The molecule has 1 atom stereocenters. The maximum Gasteiger partial charge on any atom is 0.239 e. The van der Waals surface area contributed by atoms with Crippen LogP contribution in [0.5, 0.6) is 0 Å². The normalized spacial score (nSPS) is 12.0. The van der Waals surface area contributed by atoms with Gasteiger partial charge in [-0.3, -0.25) is 9.89 Å². The predicted octanol–water partition coefficient (Wildman–Crippen LogP) is 3.18. The minimum atomic E-state index is -0.542. The first-order valence-electron chi connectivity index (χ1n) is 9.37. The van der Waals surface area contributed by atoms with Crippen molar-refractivity contribution in [1.29, 1.82) is 0 Å². The van der Waals surface area contributed by atoms with Crippen LogP contribution in [0.15, 0.2) is 60.7 Å². The van der Waals surface area contributed by atoms with Gasteiger partial charge in [-0.1, -0.05) is 42.5 Å². The van der Waals surface area contributed by atoms with E-state index in [2.05, 4.69) is 10.2 Å².